The average Bonchev–Trinajstić information content (AvgIpc) is 2.87. The third-order valence-corrected chi connectivity index (χ3v) is 7.06. The Morgan fingerprint density at radius 3 is 1.94 bits per heavy atom. The Hall–Kier alpha value is -3.27. The van der Waals surface area contributed by atoms with Crippen LogP contribution in [0.2, 0.25) is 0 Å². The monoisotopic (exact) mass is 454 g/mol. The number of hydrogen-bond acceptors (Lipinski definition) is 3. The standard InChI is InChI=1S/C30H34N2O2/c1-21(2)20-34-30(33)31-19-22-17-27-25(23-9-5-3-6-10-23)13-15-32-16-14-26(28(18-22)29(27)32)24-11-7-4-8-12-24/h3-12,17-18,21,25-26H,13-16,19-20H2,1-2H3,(H,31,33). The maximum atomic E-state index is 12.3. The van der Waals surface area contributed by atoms with E-state index in [4.69, 9.17) is 4.74 Å². The Labute approximate surface area is 202 Å². The van der Waals surface area contributed by atoms with Crippen molar-refractivity contribution in [1.82, 2.24) is 5.32 Å². The van der Waals surface area contributed by atoms with Crippen LogP contribution in [0.25, 0.3) is 0 Å². The fourth-order valence-electron chi connectivity index (χ4n) is 5.49. The van der Waals surface area contributed by atoms with Crippen molar-refractivity contribution >= 4 is 11.8 Å². The molecule has 0 fully saturated rings. The molecule has 0 radical (unpaired) electrons. The molecule has 3 aromatic carbocycles. The normalized spacial score (nSPS) is 19.0. The zero-order valence-corrected chi connectivity index (χ0v) is 20.2. The lowest BCUT2D eigenvalue weighted by Gasteiger charge is -2.43. The van der Waals surface area contributed by atoms with Crippen LogP contribution in [0.15, 0.2) is 72.8 Å². The summed E-state index contributed by atoms with van der Waals surface area (Å²) in [7, 11) is 0. The SMILES string of the molecule is CC(C)COC(=O)NCc1cc2c3c(c1)C(c1ccccc1)CCN3CCC2c1ccccc1. The molecule has 176 valence electrons. The number of benzene rings is 3. The molecule has 5 rings (SSSR count). The van der Waals surface area contributed by atoms with Gasteiger partial charge in [0.25, 0.3) is 0 Å². The van der Waals surface area contributed by atoms with Gasteiger partial charge in [-0.15, -0.1) is 0 Å². The van der Waals surface area contributed by atoms with Gasteiger partial charge in [-0.25, -0.2) is 4.79 Å². The maximum absolute atomic E-state index is 12.3. The quantitative estimate of drug-likeness (QED) is 0.466. The van der Waals surface area contributed by atoms with Crippen molar-refractivity contribution < 1.29 is 9.53 Å². The summed E-state index contributed by atoms with van der Waals surface area (Å²) < 4.78 is 5.35. The van der Waals surface area contributed by atoms with Gasteiger partial charge in [-0.3, -0.25) is 0 Å². The van der Waals surface area contributed by atoms with E-state index in [1.165, 1.54) is 27.9 Å². The van der Waals surface area contributed by atoms with Crippen LogP contribution in [0.4, 0.5) is 10.5 Å². The highest BCUT2D eigenvalue weighted by Gasteiger charge is 2.35. The van der Waals surface area contributed by atoms with E-state index in [2.05, 4.69) is 83.0 Å². The van der Waals surface area contributed by atoms with Crippen LogP contribution >= 0.6 is 0 Å². The molecule has 0 saturated heterocycles. The number of anilines is 1. The van der Waals surface area contributed by atoms with Gasteiger partial charge in [0.1, 0.15) is 0 Å². The predicted molar refractivity (Wildman–Crippen MR) is 137 cm³/mol. The van der Waals surface area contributed by atoms with E-state index in [1.54, 1.807) is 0 Å². The van der Waals surface area contributed by atoms with Crippen LogP contribution in [0.3, 0.4) is 0 Å². The molecular weight excluding hydrogens is 420 g/mol. The predicted octanol–water partition coefficient (Wildman–Crippen LogP) is 6.45. The number of carbonyl (C=O) groups excluding carboxylic acids is 1. The first-order valence-electron chi connectivity index (χ1n) is 12.5. The van der Waals surface area contributed by atoms with E-state index in [1.807, 2.05) is 13.8 Å². The first-order valence-corrected chi connectivity index (χ1v) is 12.5. The minimum atomic E-state index is -0.346. The maximum Gasteiger partial charge on any atom is 0.407 e. The second kappa shape index (κ2) is 9.92. The minimum absolute atomic E-state index is 0.322. The van der Waals surface area contributed by atoms with E-state index in [0.29, 0.717) is 30.9 Å². The molecule has 4 heteroatoms. The van der Waals surface area contributed by atoms with E-state index < -0.39 is 0 Å². The lowest BCUT2D eigenvalue weighted by Crippen LogP contribution is -2.38. The smallest absolute Gasteiger partial charge is 0.407 e. The molecule has 0 aliphatic carbocycles. The summed E-state index contributed by atoms with van der Waals surface area (Å²) in [6.07, 6.45) is 1.88. The highest BCUT2D eigenvalue weighted by atomic mass is 16.5. The Kier molecular flexibility index (Phi) is 6.57. The molecule has 0 saturated carbocycles. The Bertz CT molecular complexity index is 1050. The van der Waals surface area contributed by atoms with E-state index in [0.717, 1.165) is 31.5 Å². The van der Waals surface area contributed by atoms with Crippen LogP contribution in [0.5, 0.6) is 0 Å². The second-order valence-corrected chi connectivity index (χ2v) is 9.96. The van der Waals surface area contributed by atoms with Crippen molar-refractivity contribution in [2.45, 2.75) is 45.1 Å². The van der Waals surface area contributed by atoms with Gasteiger partial charge in [-0.1, -0.05) is 86.6 Å². The molecule has 0 spiro atoms. The van der Waals surface area contributed by atoms with Crippen molar-refractivity contribution in [3.8, 4) is 0 Å². The summed E-state index contributed by atoms with van der Waals surface area (Å²) in [6, 6.07) is 26.3. The van der Waals surface area contributed by atoms with Gasteiger partial charge in [0.05, 0.1) is 6.61 Å². The summed E-state index contributed by atoms with van der Waals surface area (Å²) in [4.78, 5) is 14.8. The van der Waals surface area contributed by atoms with Gasteiger partial charge in [0.2, 0.25) is 0 Å². The van der Waals surface area contributed by atoms with Gasteiger partial charge >= 0.3 is 6.09 Å². The molecule has 2 atom stereocenters. The van der Waals surface area contributed by atoms with E-state index in [9.17, 15) is 4.79 Å². The van der Waals surface area contributed by atoms with E-state index >= 15 is 0 Å². The third kappa shape index (κ3) is 4.68. The van der Waals surface area contributed by atoms with Crippen LogP contribution in [-0.2, 0) is 11.3 Å². The Morgan fingerprint density at radius 1 is 0.912 bits per heavy atom. The summed E-state index contributed by atoms with van der Waals surface area (Å²) in [6.45, 7) is 7.16. The average molecular weight is 455 g/mol. The summed E-state index contributed by atoms with van der Waals surface area (Å²) >= 11 is 0. The van der Waals surface area contributed by atoms with E-state index in [-0.39, 0.29) is 6.09 Å². The molecule has 1 N–H and O–H groups in total. The molecule has 2 aliphatic heterocycles. The fourth-order valence-corrected chi connectivity index (χ4v) is 5.49. The van der Waals surface area contributed by atoms with Crippen LogP contribution < -0.4 is 10.2 Å². The number of carbonyl (C=O) groups is 1. The van der Waals surface area contributed by atoms with Crippen molar-refractivity contribution in [2.24, 2.45) is 5.92 Å². The van der Waals surface area contributed by atoms with Gasteiger partial charge < -0.3 is 15.0 Å². The number of nitrogens with zero attached hydrogens (tertiary/aromatic N) is 1. The van der Waals surface area contributed by atoms with Gasteiger partial charge in [-0.05, 0) is 46.6 Å². The highest BCUT2D eigenvalue weighted by molar-refractivity contribution is 5.70. The first-order chi connectivity index (χ1) is 16.6. The first kappa shape index (κ1) is 22.5. The van der Waals surface area contributed by atoms with Crippen molar-refractivity contribution in [1.29, 1.82) is 0 Å². The molecule has 0 aromatic heterocycles. The zero-order valence-electron chi connectivity index (χ0n) is 20.2. The number of nitrogens with one attached hydrogen (secondary N) is 1. The fraction of sp³-hybridized carbons (Fsp3) is 0.367. The Balaban J connectivity index is 1.53. The number of amides is 1. The molecule has 3 aromatic rings. The van der Waals surface area contributed by atoms with Crippen molar-refractivity contribution in [3.63, 3.8) is 0 Å². The zero-order chi connectivity index (χ0) is 23.5. The molecule has 2 aliphatic rings. The van der Waals surface area contributed by atoms with Crippen LogP contribution in [-0.4, -0.2) is 25.8 Å². The topological polar surface area (TPSA) is 41.6 Å². The summed E-state index contributed by atoms with van der Waals surface area (Å²) in [5.74, 6) is 1.06. The second-order valence-electron chi connectivity index (χ2n) is 9.96. The van der Waals surface area contributed by atoms with Crippen molar-refractivity contribution in [2.75, 3.05) is 24.6 Å². The van der Waals surface area contributed by atoms with Crippen LogP contribution in [0.1, 0.15) is 66.3 Å². The number of rotatable bonds is 6. The highest BCUT2D eigenvalue weighted by Crippen LogP contribution is 2.48. The van der Waals surface area contributed by atoms with Crippen LogP contribution in [0, 0.1) is 5.92 Å². The molecule has 2 heterocycles. The molecule has 34 heavy (non-hydrogen) atoms. The third-order valence-electron chi connectivity index (χ3n) is 7.06. The lowest BCUT2D eigenvalue weighted by atomic mass is 9.76. The number of alkyl carbamates (subject to hydrolysis) is 1. The molecule has 4 nitrogen and oxygen atoms in total. The molecule has 2 unspecified atom stereocenters. The van der Waals surface area contributed by atoms with Crippen molar-refractivity contribution in [3.05, 3.63) is 101 Å². The summed E-state index contributed by atoms with van der Waals surface area (Å²) in [5, 5.41) is 2.98. The summed E-state index contributed by atoms with van der Waals surface area (Å²) in [5.41, 5.74) is 8.07. The van der Waals surface area contributed by atoms with Gasteiger partial charge in [0, 0.05) is 37.2 Å². The lowest BCUT2D eigenvalue weighted by molar-refractivity contribution is 0.132. The molecular formula is C30H34N2O2. The molecule has 0 bridgehead atoms. The number of hydrogen-bond donors (Lipinski definition) is 1. The number of ether oxygens (including phenoxy) is 1. The minimum Gasteiger partial charge on any atom is -0.449 e. The largest absolute Gasteiger partial charge is 0.449 e. The Morgan fingerprint density at radius 2 is 1.44 bits per heavy atom. The van der Waals surface area contributed by atoms with Gasteiger partial charge in [-0.2, -0.15) is 0 Å². The molecule has 1 amide bonds. The van der Waals surface area contributed by atoms with Gasteiger partial charge in [0.15, 0.2) is 0 Å².